The minimum Gasteiger partial charge on any atom is -0.405 e. The predicted octanol–water partition coefficient (Wildman–Crippen LogP) is 2.64. The highest BCUT2D eigenvalue weighted by atomic mass is 19.4. The molecule has 6 nitrogen and oxygen atoms in total. The van der Waals surface area contributed by atoms with Gasteiger partial charge < -0.3 is 14.4 Å². The van der Waals surface area contributed by atoms with Crippen LogP contribution in [0.15, 0.2) is 12.1 Å². The lowest BCUT2D eigenvalue weighted by Crippen LogP contribution is -2.36. The lowest BCUT2D eigenvalue weighted by molar-refractivity contribution is -0.385. The number of alkyl halides is 3. The molecule has 0 aliphatic carbocycles. The summed E-state index contributed by atoms with van der Waals surface area (Å²) in [7, 11) is 0. The minimum absolute atomic E-state index is 0.208. The van der Waals surface area contributed by atoms with Gasteiger partial charge in [0.05, 0.1) is 29.9 Å². The number of rotatable bonds is 3. The predicted molar refractivity (Wildman–Crippen MR) is 67.5 cm³/mol. The minimum atomic E-state index is -4.90. The van der Waals surface area contributed by atoms with Gasteiger partial charge in [-0.05, 0) is 6.92 Å². The van der Waals surface area contributed by atoms with E-state index in [9.17, 15) is 23.3 Å². The number of ether oxygens (including phenoxy) is 2. The van der Waals surface area contributed by atoms with E-state index in [-0.39, 0.29) is 5.56 Å². The lowest BCUT2D eigenvalue weighted by atomic mass is 10.1. The molecule has 0 radical (unpaired) electrons. The average Bonchev–Trinajstić information content (AvgIpc) is 2.40. The zero-order chi connectivity index (χ0) is 15.6. The van der Waals surface area contributed by atoms with Gasteiger partial charge in [-0.2, -0.15) is 0 Å². The summed E-state index contributed by atoms with van der Waals surface area (Å²) in [5.41, 5.74) is 0.118. The molecule has 2 rings (SSSR count). The van der Waals surface area contributed by atoms with Crippen LogP contribution in [-0.2, 0) is 4.74 Å². The van der Waals surface area contributed by atoms with E-state index in [2.05, 4.69) is 4.74 Å². The molecule has 0 spiro atoms. The van der Waals surface area contributed by atoms with Crippen LogP contribution in [0.25, 0.3) is 0 Å². The number of benzene rings is 1. The SMILES string of the molecule is Cc1c(OC(F)(F)F)cc([N+](=O)[O-])cc1N1CCOCC1. The molecule has 1 fully saturated rings. The van der Waals surface area contributed by atoms with Gasteiger partial charge in [0.1, 0.15) is 5.75 Å². The van der Waals surface area contributed by atoms with Crippen LogP contribution in [-0.4, -0.2) is 37.6 Å². The molecule has 0 amide bonds. The van der Waals surface area contributed by atoms with E-state index in [1.54, 1.807) is 4.90 Å². The smallest absolute Gasteiger partial charge is 0.405 e. The Balaban J connectivity index is 2.44. The maximum Gasteiger partial charge on any atom is 0.573 e. The van der Waals surface area contributed by atoms with Gasteiger partial charge in [0.15, 0.2) is 0 Å². The number of nitrogens with zero attached hydrogens (tertiary/aromatic N) is 2. The normalized spacial score (nSPS) is 15.9. The lowest BCUT2D eigenvalue weighted by Gasteiger charge is -2.30. The molecule has 116 valence electrons. The average molecular weight is 306 g/mol. The van der Waals surface area contributed by atoms with Gasteiger partial charge in [0.25, 0.3) is 5.69 Å². The summed E-state index contributed by atoms with van der Waals surface area (Å²) in [6.45, 7) is 3.17. The number of hydrogen-bond donors (Lipinski definition) is 0. The number of morpholine rings is 1. The third kappa shape index (κ3) is 3.75. The van der Waals surface area contributed by atoms with E-state index in [0.29, 0.717) is 32.0 Å². The number of nitro benzene ring substituents is 1. The van der Waals surface area contributed by atoms with E-state index < -0.39 is 22.7 Å². The van der Waals surface area contributed by atoms with Crippen molar-refractivity contribution < 1.29 is 27.6 Å². The topological polar surface area (TPSA) is 64.8 Å². The number of halogens is 3. The van der Waals surface area contributed by atoms with Crippen molar-refractivity contribution in [2.75, 3.05) is 31.2 Å². The first kappa shape index (κ1) is 15.4. The van der Waals surface area contributed by atoms with Gasteiger partial charge in [-0.15, -0.1) is 13.2 Å². The van der Waals surface area contributed by atoms with Gasteiger partial charge >= 0.3 is 6.36 Å². The van der Waals surface area contributed by atoms with Crippen LogP contribution in [0.1, 0.15) is 5.56 Å². The summed E-state index contributed by atoms with van der Waals surface area (Å²) in [6.07, 6.45) is -4.90. The van der Waals surface area contributed by atoms with E-state index in [1.807, 2.05) is 0 Å². The Morgan fingerprint density at radius 3 is 2.48 bits per heavy atom. The van der Waals surface area contributed by atoms with Crippen LogP contribution < -0.4 is 9.64 Å². The summed E-state index contributed by atoms with van der Waals surface area (Å²) in [4.78, 5) is 11.9. The van der Waals surface area contributed by atoms with Crippen molar-refractivity contribution in [2.45, 2.75) is 13.3 Å². The first-order valence-corrected chi connectivity index (χ1v) is 6.15. The van der Waals surface area contributed by atoms with Gasteiger partial charge in [-0.1, -0.05) is 0 Å². The molecule has 1 saturated heterocycles. The van der Waals surface area contributed by atoms with E-state index in [1.165, 1.54) is 13.0 Å². The molecule has 1 aliphatic rings. The van der Waals surface area contributed by atoms with E-state index in [0.717, 1.165) is 6.07 Å². The number of hydrogen-bond acceptors (Lipinski definition) is 5. The van der Waals surface area contributed by atoms with Gasteiger partial charge in [-0.25, -0.2) is 0 Å². The Bertz CT molecular complexity index is 542. The molecule has 0 N–H and O–H groups in total. The highest BCUT2D eigenvalue weighted by Crippen LogP contribution is 2.36. The summed E-state index contributed by atoms with van der Waals surface area (Å²) >= 11 is 0. The van der Waals surface area contributed by atoms with Crippen molar-refractivity contribution in [1.82, 2.24) is 0 Å². The fourth-order valence-electron chi connectivity index (χ4n) is 2.13. The standard InChI is InChI=1S/C12H13F3N2O4/c1-8-10(16-2-4-20-5-3-16)6-9(17(18)19)7-11(8)21-12(13,14)15/h6-7H,2-5H2,1H3. The fourth-order valence-corrected chi connectivity index (χ4v) is 2.13. The number of anilines is 1. The zero-order valence-corrected chi connectivity index (χ0v) is 11.1. The van der Waals surface area contributed by atoms with Crippen LogP contribution in [0.2, 0.25) is 0 Å². The zero-order valence-electron chi connectivity index (χ0n) is 11.1. The van der Waals surface area contributed by atoms with Gasteiger partial charge in [-0.3, -0.25) is 10.1 Å². The van der Waals surface area contributed by atoms with Crippen molar-refractivity contribution in [2.24, 2.45) is 0 Å². The maximum atomic E-state index is 12.4. The molecule has 1 heterocycles. The molecule has 0 bridgehead atoms. The molecule has 1 aromatic carbocycles. The second-order valence-corrected chi connectivity index (χ2v) is 4.49. The molecule has 0 atom stereocenters. The van der Waals surface area contributed by atoms with Crippen LogP contribution >= 0.6 is 0 Å². The first-order chi connectivity index (χ1) is 9.78. The second-order valence-electron chi connectivity index (χ2n) is 4.49. The van der Waals surface area contributed by atoms with E-state index >= 15 is 0 Å². The summed E-state index contributed by atoms with van der Waals surface area (Å²) < 4.78 is 46.3. The molecule has 0 saturated carbocycles. The number of nitro groups is 1. The van der Waals surface area contributed by atoms with Gasteiger partial charge in [0, 0.05) is 24.7 Å². The van der Waals surface area contributed by atoms with Crippen LogP contribution in [0, 0.1) is 17.0 Å². The molecule has 0 aromatic heterocycles. The van der Waals surface area contributed by atoms with Crippen LogP contribution in [0.3, 0.4) is 0 Å². The largest absolute Gasteiger partial charge is 0.573 e. The molecule has 1 aliphatic heterocycles. The summed E-state index contributed by atoms with van der Waals surface area (Å²) in [5, 5.41) is 10.9. The van der Waals surface area contributed by atoms with Crippen molar-refractivity contribution in [3.8, 4) is 5.75 Å². The molecule has 1 aromatic rings. The summed E-state index contributed by atoms with van der Waals surface area (Å²) in [5.74, 6) is -0.557. The highest BCUT2D eigenvalue weighted by Gasteiger charge is 2.33. The van der Waals surface area contributed by atoms with Crippen molar-refractivity contribution in [3.05, 3.63) is 27.8 Å². The van der Waals surface area contributed by atoms with E-state index in [4.69, 9.17) is 4.74 Å². The molecule has 0 unspecified atom stereocenters. The molecular formula is C12H13F3N2O4. The van der Waals surface area contributed by atoms with Crippen molar-refractivity contribution >= 4 is 11.4 Å². The molecular weight excluding hydrogens is 293 g/mol. The Kier molecular flexibility index (Phi) is 4.21. The molecule has 21 heavy (non-hydrogen) atoms. The maximum absolute atomic E-state index is 12.4. The quantitative estimate of drug-likeness (QED) is 0.634. The highest BCUT2D eigenvalue weighted by molar-refractivity contribution is 5.64. The first-order valence-electron chi connectivity index (χ1n) is 6.15. The van der Waals surface area contributed by atoms with Crippen LogP contribution in [0.5, 0.6) is 5.75 Å². The molecule has 9 heteroatoms. The third-order valence-corrected chi connectivity index (χ3v) is 3.11. The van der Waals surface area contributed by atoms with Gasteiger partial charge in [0.2, 0.25) is 0 Å². The Morgan fingerprint density at radius 2 is 1.95 bits per heavy atom. The van der Waals surface area contributed by atoms with Crippen molar-refractivity contribution in [3.63, 3.8) is 0 Å². The second kappa shape index (κ2) is 5.76. The summed E-state index contributed by atoms with van der Waals surface area (Å²) in [6, 6.07) is 2.04. The third-order valence-electron chi connectivity index (χ3n) is 3.11. The van der Waals surface area contributed by atoms with Crippen molar-refractivity contribution in [1.29, 1.82) is 0 Å². The Hall–Kier alpha value is -2.03. The fraction of sp³-hybridized carbons (Fsp3) is 0.500. The Morgan fingerprint density at radius 1 is 1.33 bits per heavy atom. The monoisotopic (exact) mass is 306 g/mol. The van der Waals surface area contributed by atoms with Crippen LogP contribution in [0.4, 0.5) is 24.5 Å². The Labute approximate surface area is 118 Å². The number of non-ortho nitro benzene ring substituents is 1.